The number of aliphatic hydroxyl groups is 1. The molecule has 0 saturated carbocycles. The number of carbonyl (C=O) groups is 1. The zero-order chi connectivity index (χ0) is 24.7. The van der Waals surface area contributed by atoms with Crippen LogP contribution in [0.25, 0.3) is 0 Å². The summed E-state index contributed by atoms with van der Waals surface area (Å²) >= 11 is 0. The molecule has 1 N–H and O–H groups in total. The Balaban J connectivity index is 1.89. The number of aromatic nitrogens is 2. The molecule has 3 atom stereocenters. The zero-order valence-corrected chi connectivity index (χ0v) is 20.7. The molecule has 8 nitrogen and oxygen atoms in total. The average Bonchev–Trinajstić information content (AvgIpc) is 2.81. The zero-order valence-electron chi connectivity index (χ0n) is 20.7. The van der Waals surface area contributed by atoms with Crippen LogP contribution in [-0.2, 0) is 6.54 Å². The summed E-state index contributed by atoms with van der Waals surface area (Å²) in [5.74, 6) is 6.29. The number of pyridine rings is 2. The van der Waals surface area contributed by atoms with Gasteiger partial charge in [0.25, 0.3) is 5.91 Å². The molecule has 0 aromatic carbocycles. The quantitative estimate of drug-likeness (QED) is 0.624. The van der Waals surface area contributed by atoms with E-state index in [9.17, 15) is 9.90 Å². The molecule has 0 unspecified atom stereocenters. The van der Waals surface area contributed by atoms with Gasteiger partial charge < -0.3 is 14.7 Å². The molecule has 34 heavy (non-hydrogen) atoms. The normalized spacial score (nSPS) is 19.1. The van der Waals surface area contributed by atoms with E-state index in [1.165, 1.54) is 0 Å². The van der Waals surface area contributed by atoms with Crippen molar-refractivity contribution >= 4 is 5.91 Å². The van der Waals surface area contributed by atoms with Crippen LogP contribution >= 0.6 is 0 Å². The number of likely N-dealkylation sites (N-methyl/N-ethyl adjacent to an activating group) is 1. The number of nitrogens with zero attached hydrogens (tertiary/aromatic N) is 5. The maximum atomic E-state index is 13.5. The highest BCUT2D eigenvalue weighted by Gasteiger charge is 2.34. The summed E-state index contributed by atoms with van der Waals surface area (Å²) in [4.78, 5) is 28.2. The van der Waals surface area contributed by atoms with E-state index in [4.69, 9.17) is 4.74 Å². The van der Waals surface area contributed by atoms with E-state index < -0.39 is 0 Å². The van der Waals surface area contributed by atoms with E-state index in [-0.39, 0.29) is 30.6 Å². The van der Waals surface area contributed by atoms with Crippen LogP contribution in [0.1, 0.15) is 35.5 Å². The largest absolute Gasteiger partial charge is 0.472 e. The van der Waals surface area contributed by atoms with Crippen LogP contribution < -0.4 is 4.74 Å². The summed E-state index contributed by atoms with van der Waals surface area (Å²) in [6, 6.07) is 7.30. The van der Waals surface area contributed by atoms with Gasteiger partial charge in [-0.3, -0.25) is 19.6 Å². The number of hydrogen-bond donors (Lipinski definition) is 1. The second kappa shape index (κ2) is 11.9. The Kier molecular flexibility index (Phi) is 8.99. The number of hydrogen-bond acceptors (Lipinski definition) is 7. The second-order valence-electron chi connectivity index (χ2n) is 9.26. The van der Waals surface area contributed by atoms with Gasteiger partial charge >= 0.3 is 0 Å². The lowest BCUT2D eigenvalue weighted by molar-refractivity contribution is 0.0324. The summed E-state index contributed by atoms with van der Waals surface area (Å²) in [5, 5.41) is 9.82. The predicted molar refractivity (Wildman–Crippen MR) is 131 cm³/mol. The molecule has 0 spiro atoms. The molecule has 0 radical (unpaired) electrons. The Hall–Kier alpha value is -2.99. The van der Waals surface area contributed by atoms with Gasteiger partial charge in [-0.15, -0.1) is 0 Å². The van der Waals surface area contributed by atoms with Crippen molar-refractivity contribution in [3.63, 3.8) is 0 Å². The van der Waals surface area contributed by atoms with Crippen LogP contribution in [0.2, 0.25) is 0 Å². The first-order chi connectivity index (χ1) is 16.3. The van der Waals surface area contributed by atoms with Crippen molar-refractivity contribution in [1.82, 2.24) is 24.7 Å². The fraction of sp³-hybridized carbons (Fsp3) is 0.500. The topological polar surface area (TPSA) is 82.0 Å². The smallest absolute Gasteiger partial charge is 0.259 e. The Morgan fingerprint density at radius 3 is 2.76 bits per heavy atom. The molecule has 1 amide bonds. The van der Waals surface area contributed by atoms with E-state index in [0.717, 1.165) is 5.69 Å². The van der Waals surface area contributed by atoms with Gasteiger partial charge in [-0.25, -0.2) is 4.98 Å². The summed E-state index contributed by atoms with van der Waals surface area (Å²) in [6.07, 6.45) is 3.24. The minimum Gasteiger partial charge on any atom is -0.472 e. The summed E-state index contributed by atoms with van der Waals surface area (Å²) in [7, 11) is 5.93. The minimum absolute atomic E-state index is 0.0265. The lowest BCUT2D eigenvalue weighted by atomic mass is 10.00. The molecule has 1 aliphatic rings. The highest BCUT2D eigenvalue weighted by molar-refractivity contribution is 5.97. The van der Waals surface area contributed by atoms with Crippen LogP contribution in [0.4, 0.5) is 0 Å². The molecule has 182 valence electrons. The first-order valence-corrected chi connectivity index (χ1v) is 11.6. The first kappa shape index (κ1) is 25.6. The van der Waals surface area contributed by atoms with Gasteiger partial charge in [0.05, 0.1) is 24.9 Å². The second-order valence-corrected chi connectivity index (χ2v) is 9.26. The van der Waals surface area contributed by atoms with Crippen molar-refractivity contribution in [3.8, 4) is 17.7 Å². The van der Waals surface area contributed by atoms with Crippen LogP contribution in [0, 0.1) is 17.8 Å². The fourth-order valence-electron chi connectivity index (χ4n) is 3.83. The van der Waals surface area contributed by atoms with E-state index in [0.29, 0.717) is 43.2 Å². The van der Waals surface area contributed by atoms with Crippen LogP contribution in [0.5, 0.6) is 5.88 Å². The third kappa shape index (κ3) is 6.76. The SMILES string of the molecule is C[C@H](CO)N1C[C@H](C)[C@H](CN(C)Cc2ccccn2)Oc2ncc(C#CCN(C)C)cc2C1=O. The standard InChI is InChI=1S/C26H35N5O3/c1-19-15-31(20(2)18-32)26(33)23-13-21(9-8-12-29(3)4)14-28-25(23)34-24(19)17-30(5)16-22-10-6-7-11-27-22/h6-7,10-11,13-14,19-20,24,32H,12,15-18H2,1-5H3/t19-,20+,24-/m0/s1. The molecule has 3 rings (SSSR count). The van der Waals surface area contributed by atoms with Crippen molar-refractivity contribution in [2.75, 3.05) is 47.4 Å². The Labute approximate surface area is 202 Å². The van der Waals surface area contributed by atoms with E-state index >= 15 is 0 Å². The highest BCUT2D eigenvalue weighted by atomic mass is 16.5. The number of aliphatic hydroxyl groups excluding tert-OH is 1. The Morgan fingerprint density at radius 1 is 1.29 bits per heavy atom. The molecule has 2 aromatic rings. The maximum absolute atomic E-state index is 13.5. The minimum atomic E-state index is -0.323. The molecular formula is C26H35N5O3. The third-order valence-electron chi connectivity index (χ3n) is 5.80. The molecule has 2 aromatic heterocycles. The van der Waals surface area contributed by atoms with Gasteiger partial charge in [-0.05, 0) is 46.3 Å². The molecule has 8 heteroatoms. The van der Waals surface area contributed by atoms with E-state index in [2.05, 4.69) is 33.6 Å². The molecule has 3 heterocycles. The van der Waals surface area contributed by atoms with Gasteiger partial charge in [-0.1, -0.05) is 24.8 Å². The fourth-order valence-corrected chi connectivity index (χ4v) is 3.83. The van der Waals surface area contributed by atoms with Crippen molar-refractivity contribution in [1.29, 1.82) is 0 Å². The number of amides is 1. The third-order valence-corrected chi connectivity index (χ3v) is 5.80. The van der Waals surface area contributed by atoms with Crippen molar-refractivity contribution in [2.24, 2.45) is 5.92 Å². The molecule has 0 fully saturated rings. The van der Waals surface area contributed by atoms with E-state index in [1.807, 2.05) is 51.2 Å². The maximum Gasteiger partial charge on any atom is 0.259 e. The van der Waals surface area contributed by atoms with Gasteiger partial charge in [-0.2, -0.15) is 0 Å². The van der Waals surface area contributed by atoms with Gasteiger partial charge in [0.1, 0.15) is 11.7 Å². The molecule has 0 aliphatic carbocycles. The number of fused-ring (bicyclic) bond motifs is 1. The van der Waals surface area contributed by atoms with Crippen LogP contribution in [0.15, 0.2) is 36.7 Å². The summed E-state index contributed by atoms with van der Waals surface area (Å²) < 4.78 is 6.35. The van der Waals surface area contributed by atoms with Crippen molar-refractivity contribution in [3.05, 3.63) is 53.5 Å². The molecular weight excluding hydrogens is 430 g/mol. The number of rotatable bonds is 7. The molecule has 1 aliphatic heterocycles. The Bertz CT molecular complexity index is 1020. The highest BCUT2D eigenvalue weighted by Crippen LogP contribution is 2.27. The van der Waals surface area contributed by atoms with Gasteiger partial charge in [0.2, 0.25) is 5.88 Å². The molecule has 0 bridgehead atoms. The van der Waals surface area contributed by atoms with Gasteiger partial charge in [0, 0.05) is 43.5 Å². The number of carbonyl (C=O) groups excluding carboxylic acids is 1. The van der Waals surface area contributed by atoms with E-state index in [1.54, 1.807) is 23.4 Å². The van der Waals surface area contributed by atoms with Crippen molar-refractivity contribution < 1.29 is 14.6 Å². The predicted octanol–water partition coefficient (Wildman–Crippen LogP) is 1.74. The first-order valence-electron chi connectivity index (χ1n) is 11.6. The summed E-state index contributed by atoms with van der Waals surface area (Å²) in [6.45, 7) is 6.20. The lowest BCUT2D eigenvalue weighted by Gasteiger charge is -2.37. The average molecular weight is 466 g/mol. The van der Waals surface area contributed by atoms with Crippen LogP contribution in [-0.4, -0.2) is 95.2 Å². The monoisotopic (exact) mass is 465 g/mol. The summed E-state index contributed by atoms with van der Waals surface area (Å²) in [5.41, 5.74) is 2.02. The van der Waals surface area contributed by atoms with Crippen LogP contribution in [0.3, 0.4) is 0 Å². The number of ether oxygens (including phenoxy) is 1. The molecule has 0 saturated heterocycles. The van der Waals surface area contributed by atoms with Gasteiger partial charge in [0.15, 0.2) is 0 Å². The Morgan fingerprint density at radius 2 is 2.09 bits per heavy atom. The lowest BCUT2D eigenvalue weighted by Crippen LogP contribution is -2.49. The van der Waals surface area contributed by atoms with Crippen molar-refractivity contribution in [2.45, 2.75) is 32.5 Å².